The summed E-state index contributed by atoms with van der Waals surface area (Å²) in [4.78, 5) is 10.7. The van der Waals surface area contributed by atoms with Crippen LogP contribution >= 0.6 is 0 Å². The molecular weight excluding hydrogens is 154 g/mol. The van der Waals surface area contributed by atoms with Crippen LogP contribution in [0.1, 0.15) is 27.7 Å². The number of carbonyl (C=O) groups excluding carboxylic acids is 1. The number of hydrogen-bond donors (Lipinski definition) is 1. The molecule has 3 heteroatoms. The molecule has 2 N–H and O–H groups in total. The molecule has 0 aliphatic rings. The van der Waals surface area contributed by atoms with Crippen molar-refractivity contribution in [1.82, 2.24) is 0 Å². The van der Waals surface area contributed by atoms with Crippen molar-refractivity contribution in [3.8, 4) is 0 Å². The number of primary amides is 1. The number of ether oxygens (including phenoxy) is 1. The molecular formula is C9H17NO2. The summed E-state index contributed by atoms with van der Waals surface area (Å²) in [5.74, 6) is 0.660. The zero-order chi connectivity index (χ0) is 9.72. The largest absolute Gasteiger partial charge is 0.497 e. The van der Waals surface area contributed by atoms with Gasteiger partial charge in [-0.05, 0) is 19.8 Å². The fourth-order valence-corrected chi connectivity index (χ4v) is 0.573. The molecule has 1 amide bonds. The van der Waals surface area contributed by atoms with E-state index in [1.54, 1.807) is 13.8 Å². The van der Waals surface area contributed by atoms with E-state index in [9.17, 15) is 4.79 Å². The molecule has 0 radical (unpaired) electrons. The van der Waals surface area contributed by atoms with E-state index in [1.165, 1.54) is 0 Å². The average molecular weight is 171 g/mol. The Kier molecular flexibility index (Phi) is 4.40. The predicted octanol–water partition coefficient (Wildman–Crippen LogP) is 1.44. The molecule has 0 aromatic carbocycles. The topological polar surface area (TPSA) is 52.3 Å². The van der Waals surface area contributed by atoms with Gasteiger partial charge >= 0.3 is 0 Å². The lowest BCUT2D eigenvalue weighted by Crippen LogP contribution is -2.14. The highest BCUT2D eigenvalue weighted by Gasteiger charge is 2.04. The standard InChI is InChI=1S/C9H17NO2/c1-6(2)5-12-8(4)7(3)9(10)11/h6H,5H2,1-4H3,(H2,10,11). The summed E-state index contributed by atoms with van der Waals surface area (Å²) in [6.07, 6.45) is 0. The van der Waals surface area contributed by atoms with E-state index >= 15 is 0 Å². The summed E-state index contributed by atoms with van der Waals surface area (Å²) in [5.41, 5.74) is 5.56. The minimum absolute atomic E-state index is 0.420. The van der Waals surface area contributed by atoms with Gasteiger partial charge in [-0.25, -0.2) is 0 Å². The second-order valence-electron chi connectivity index (χ2n) is 3.25. The first-order valence-corrected chi connectivity index (χ1v) is 4.05. The van der Waals surface area contributed by atoms with Crippen molar-refractivity contribution < 1.29 is 9.53 Å². The summed E-state index contributed by atoms with van der Waals surface area (Å²) < 4.78 is 5.31. The van der Waals surface area contributed by atoms with Gasteiger partial charge in [0.15, 0.2) is 0 Å². The van der Waals surface area contributed by atoms with Gasteiger partial charge in [-0.2, -0.15) is 0 Å². The third-order valence-electron chi connectivity index (χ3n) is 1.53. The van der Waals surface area contributed by atoms with Gasteiger partial charge in [0.1, 0.15) is 5.76 Å². The van der Waals surface area contributed by atoms with Gasteiger partial charge in [-0.15, -0.1) is 0 Å². The van der Waals surface area contributed by atoms with Crippen molar-refractivity contribution in [2.75, 3.05) is 6.61 Å². The zero-order valence-electron chi connectivity index (χ0n) is 8.18. The predicted molar refractivity (Wildman–Crippen MR) is 48.4 cm³/mol. The Morgan fingerprint density at radius 3 is 2.25 bits per heavy atom. The molecule has 0 aliphatic heterocycles. The molecule has 0 aromatic heterocycles. The van der Waals surface area contributed by atoms with Crippen molar-refractivity contribution in [2.24, 2.45) is 11.7 Å². The molecule has 0 saturated carbocycles. The van der Waals surface area contributed by atoms with Gasteiger partial charge in [-0.3, -0.25) is 4.79 Å². The van der Waals surface area contributed by atoms with E-state index in [0.717, 1.165) is 0 Å². The van der Waals surface area contributed by atoms with Crippen LogP contribution in [-0.4, -0.2) is 12.5 Å². The van der Waals surface area contributed by atoms with Crippen molar-refractivity contribution in [3.63, 3.8) is 0 Å². The third-order valence-corrected chi connectivity index (χ3v) is 1.53. The van der Waals surface area contributed by atoms with Crippen molar-refractivity contribution in [2.45, 2.75) is 27.7 Å². The van der Waals surface area contributed by atoms with Crippen molar-refractivity contribution in [1.29, 1.82) is 0 Å². The Bertz CT molecular complexity index is 195. The summed E-state index contributed by atoms with van der Waals surface area (Å²) in [6.45, 7) is 8.14. The quantitative estimate of drug-likeness (QED) is 0.514. The van der Waals surface area contributed by atoms with Gasteiger partial charge in [0, 0.05) is 0 Å². The highest BCUT2D eigenvalue weighted by molar-refractivity contribution is 5.91. The van der Waals surface area contributed by atoms with E-state index < -0.39 is 5.91 Å². The van der Waals surface area contributed by atoms with E-state index in [1.807, 2.05) is 13.8 Å². The molecule has 12 heavy (non-hydrogen) atoms. The Morgan fingerprint density at radius 2 is 1.92 bits per heavy atom. The first-order chi connectivity index (χ1) is 5.45. The van der Waals surface area contributed by atoms with Crippen LogP contribution in [0.4, 0.5) is 0 Å². The summed E-state index contributed by atoms with van der Waals surface area (Å²) >= 11 is 0. The number of nitrogens with two attached hydrogens (primary N) is 1. The smallest absolute Gasteiger partial charge is 0.247 e. The Morgan fingerprint density at radius 1 is 1.42 bits per heavy atom. The van der Waals surface area contributed by atoms with Crippen molar-refractivity contribution in [3.05, 3.63) is 11.3 Å². The highest BCUT2D eigenvalue weighted by atomic mass is 16.5. The van der Waals surface area contributed by atoms with Crippen LogP contribution < -0.4 is 5.73 Å². The van der Waals surface area contributed by atoms with E-state index in [0.29, 0.717) is 23.9 Å². The van der Waals surface area contributed by atoms with Crippen LogP contribution in [0.3, 0.4) is 0 Å². The Balaban J connectivity index is 4.09. The van der Waals surface area contributed by atoms with Gasteiger partial charge in [-0.1, -0.05) is 13.8 Å². The summed E-state index contributed by atoms with van der Waals surface area (Å²) in [7, 11) is 0. The average Bonchev–Trinajstić information content (AvgIpc) is 1.98. The van der Waals surface area contributed by atoms with Crippen LogP contribution in [0.2, 0.25) is 0 Å². The SMILES string of the molecule is CC(OCC(C)C)=C(C)C(N)=O. The molecule has 70 valence electrons. The van der Waals surface area contributed by atoms with Crippen molar-refractivity contribution >= 4 is 5.91 Å². The molecule has 0 unspecified atom stereocenters. The maximum Gasteiger partial charge on any atom is 0.247 e. The number of amides is 1. The lowest BCUT2D eigenvalue weighted by atomic mass is 10.2. The third kappa shape index (κ3) is 4.01. The molecule has 0 aliphatic carbocycles. The molecule has 3 nitrogen and oxygen atoms in total. The molecule has 0 aromatic rings. The second-order valence-corrected chi connectivity index (χ2v) is 3.25. The Hall–Kier alpha value is -0.990. The summed E-state index contributed by atoms with van der Waals surface area (Å²) in [5, 5.41) is 0. The molecule has 0 bridgehead atoms. The maximum absolute atomic E-state index is 10.7. The van der Waals surface area contributed by atoms with Gasteiger partial charge in [0.05, 0.1) is 12.2 Å². The zero-order valence-corrected chi connectivity index (χ0v) is 8.18. The van der Waals surface area contributed by atoms with Crippen LogP contribution in [0.25, 0.3) is 0 Å². The number of allylic oxidation sites excluding steroid dienone is 1. The van der Waals surface area contributed by atoms with Crippen LogP contribution in [-0.2, 0) is 9.53 Å². The fraction of sp³-hybridized carbons (Fsp3) is 0.667. The molecule has 0 rings (SSSR count). The highest BCUT2D eigenvalue weighted by Crippen LogP contribution is 2.06. The van der Waals surface area contributed by atoms with Crippen LogP contribution in [0.5, 0.6) is 0 Å². The lowest BCUT2D eigenvalue weighted by Gasteiger charge is -2.10. The first-order valence-electron chi connectivity index (χ1n) is 4.05. The molecule has 0 atom stereocenters. The maximum atomic E-state index is 10.7. The van der Waals surface area contributed by atoms with E-state index in [4.69, 9.17) is 10.5 Å². The Labute approximate surface area is 73.6 Å². The number of carbonyl (C=O) groups is 1. The fourth-order valence-electron chi connectivity index (χ4n) is 0.573. The minimum Gasteiger partial charge on any atom is -0.497 e. The first kappa shape index (κ1) is 11.0. The monoisotopic (exact) mass is 171 g/mol. The van der Waals surface area contributed by atoms with E-state index in [-0.39, 0.29) is 0 Å². The lowest BCUT2D eigenvalue weighted by molar-refractivity contribution is -0.114. The molecule has 0 heterocycles. The minimum atomic E-state index is -0.420. The van der Waals surface area contributed by atoms with E-state index in [2.05, 4.69) is 0 Å². The number of rotatable bonds is 4. The molecule has 0 fully saturated rings. The molecule has 0 saturated heterocycles. The normalized spacial score (nSPS) is 12.8. The van der Waals surface area contributed by atoms with Gasteiger partial charge in [0.2, 0.25) is 5.91 Å². The van der Waals surface area contributed by atoms with Crippen LogP contribution in [0, 0.1) is 5.92 Å². The number of hydrogen-bond acceptors (Lipinski definition) is 2. The second kappa shape index (κ2) is 4.80. The van der Waals surface area contributed by atoms with Gasteiger partial charge in [0.25, 0.3) is 0 Å². The summed E-state index contributed by atoms with van der Waals surface area (Å²) in [6, 6.07) is 0. The van der Waals surface area contributed by atoms with Gasteiger partial charge < -0.3 is 10.5 Å². The molecule has 0 spiro atoms. The van der Waals surface area contributed by atoms with Crippen LogP contribution in [0.15, 0.2) is 11.3 Å².